The minimum atomic E-state index is -3.55. The van der Waals surface area contributed by atoms with E-state index in [2.05, 4.69) is 65.9 Å². The summed E-state index contributed by atoms with van der Waals surface area (Å²) in [7, 11) is 1.93. The van der Waals surface area contributed by atoms with Gasteiger partial charge in [-0.15, -0.1) is 23.2 Å². The average Bonchev–Trinajstić information content (AvgIpc) is 3.10. The Bertz CT molecular complexity index is 3070. The van der Waals surface area contributed by atoms with E-state index >= 15 is 0 Å². The van der Waals surface area contributed by atoms with Crippen molar-refractivity contribution in [2.45, 2.75) is 113 Å². The van der Waals surface area contributed by atoms with Gasteiger partial charge in [0.25, 0.3) is 0 Å². The summed E-state index contributed by atoms with van der Waals surface area (Å²) in [5.74, 6) is 2.20. The van der Waals surface area contributed by atoms with Crippen LogP contribution in [0.4, 0.5) is 17.1 Å². The molecule has 495 valence electrons. The quantitative estimate of drug-likeness (QED) is 0.0531. The number of nitrogens with one attached hydrogen (secondary N) is 1. The summed E-state index contributed by atoms with van der Waals surface area (Å²) in [5, 5.41) is 19.4. The van der Waals surface area contributed by atoms with Crippen molar-refractivity contribution in [1.82, 2.24) is 5.32 Å². The van der Waals surface area contributed by atoms with Crippen molar-refractivity contribution in [3.63, 3.8) is 0 Å². The summed E-state index contributed by atoms with van der Waals surface area (Å²) < 4.78 is 23.0. The predicted octanol–water partition coefficient (Wildman–Crippen LogP) is 22.9. The first kappa shape index (κ1) is 85.6. The summed E-state index contributed by atoms with van der Waals surface area (Å²) in [6.07, 6.45) is 6.91. The molecule has 0 unspecified atom stereocenters. The molecule has 0 spiro atoms. The molecule has 6 aromatic rings. The summed E-state index contributed by atoms with van der Waals surface area (Å²) >= 11 is 65.3. The molecule has 9 rings (SSSR count). The van der Waals surface area contributed by atoms with Gasteiger partial charge < -0.3 is 30.9 Å². The zero-order chi connectivity index (χ0) is 62.4. The maximum Gasteiger partial charge on any atom is 0.232 e. The van der Waals surface area contributed by atoms with E-state index in [0.29, 0.717) is 59.5 Å². The molecule has 3 saturated heterocycles. The number of piperidine rings is 3. The van der Waals surface area contributed by atoms with E-state index in [1.54, 1.807) is 12.1 Å². The minimum Gasteiger partial charge on any atom is -0.396 e. The molecule has 22 heteroatoms. The first-order valence-corrected chi connectivity index (χ1v) is 35.4. The third-order valence-electron chi connectivity index (χ3n) is 14.9. The second-order valence-corrected chi connectivity index (χ2v) is 29.7. The fraction of sp³-hybridized carbons (Fsp3) is 0.463. The average molecular weight is 1520 g/mol. The van der Waals surface area contributed by atoms with Crippen LogP contribution in [0.1, 0.15) is 130 Å². The Hall–Kier alpha value is -1.39. The number of aliphatic hydroxyl groups excluding tert-OH is 1. The third-order valence-corrected chi connectivity index (χ3v) is 18.6. The van der Waals surface area contributed by atoms with Crippen molar-refractivity contribution in [2.75, 3.05) is 71.7 Å². The van der Waals surface area contributed by atoms with Crippen molar-refractivity contribution in [3.05, 3.63) is 189 Å². The van der Waals surface area contributed by atoms with Crippen LogP contribution in [-0.4, -0.2) is 70.5 Å². The zero-order valence-electron chi connectivity index (χ0n) is 48.6. The summed E-state index contributed by atoms with van der Waals surface area (Å²) in [6, 6.07) is 40.9. The van der Waals surface area contributed by atoms with Crippen LogP contribution in [-0.2, 0) is 27.6 Å². The largest absolute Gasteiger partial charge is 0.396 e. The van der Waals surface area contributed by atoms with Gasteiger partial charge in [-0.1, -0.05) is 173 Å². The molecule has 0 amide bonds. The molecule has 3 heterocycles. The molecule has 0 aliphatic carbocycles. The maximum atomic E-state index is 11.5. The Labute approximate surface area is 605 Å². The van der Waals surface area contributed by atoms with Gasteiger partial charge in [-0.05, 0) is 220 Å². The van der Waals surface area contributed by atoms with Crippen LogP contribution in [0.2, 0.25) is 45.2 Å². The zero-order valence-corrected chi connectivity index (χ0v) is 59.9. The molecule has 89 heavy (non-hydrogen) atoms. The number of alkyl halides is 2. The molecule has 4 N–H and O–H groups in total. The van der Waals surface area contributed by atoms with Crippen LogP contribution in [0.3, 0.4) is 0 Å². The van der Waals surface area contributed by atoms with Gasteiger partial charge >= 0.3 is 0 Å². The normalized spacial score (nSPS) is 18.7. The van der Waals surface area contributed by atoms with Gasteiger partial charge in [-0.3, -0.25) is 0 Å². The van der Waals surface area contributed by atoms with Crippen LogP contribution >= 0.6 is 138 Å². The van der Waals surface area contributed by atoms with E-state index in [0.717, 1.165) is 103 Å². The van der Waals surface area contributed by atoms with Crippen molar-refractivity contribution in [3.8, 4) is 0 Å². The first-order chi connectivity index (χ1) is 40.4. The number of nitrogens with two attached hydrogens (primary N) is 1. The summed E-state index contributed by atoms with van der Waals surface area (Å²) in [6.45, 7) is 14.2. The standard InChI is InChI=1S/C23H29Cl3N2.C18H17Cl4NO2S.C18H18Cl3NO.C4H11N.CH2Cl2.3CH4.V/c1-16(2)14-27-12-11-17-3-10-23(21-9-6-19(25)13-22(21)26)28(15-17)20-7-4-18(24)5-8-20;19-13-2-5-15(6-3-13)23-10-12(11-26(22,24)25)1-8-18(23)16-7-4-14(20)9-17(16)21;19-13-2-5-15(6-3-13)22-10-12(11-23)1-8-18(22)16-7-4-14(20)9-17(16)21;1-4(2)3-5;2-1-3;;;;/h4-9,13,16-17,23,27H,3,10-12,14-15H2,1-2H3;2-7,9,12,18H,1,8,10-11H2;2-7,9,12,18,23H,1,8,10-11H2;4H,3,5H2,1-2H3;1H2;3*1H4;/t17-,23-;2*12-,18+;;;;;;/m011....../s1. The first-order valence-electron chi connectivity index (χ1n) is 28.4. The molecular formula is C67H89Cl12N5O3SV. The Morgan fingerprint density at radius 1 is 0.494 bits per heavy atom. The van der Waals surface area contributed by atoms with Crippen molar-refractivity contribution in [1.29, 1.82) is 0 Å². The van der Waals surface area contributed by atoms with Gasteiger partial charge in [-0.25, -0.2) is 8.42 Å². The van der Waals surface area contributed by atoms with Gasteiger partial charge in [-0.2, -0.15) is 0 Å². The number of nitrogens with zero attached hydrogens (tertiary/aromatic N) is 3. The molecular weight excluding hydrogens is 1430 g/mol. The van der Waals surface area contributed by atoms with Crippen LogP contribution in [0, 0.1) is 29.6 Å². The van der Waals surface area contributed by atoms with Crippen LogP contribution in [0.15, 0.2) is 127 Å². The number of anilines is 3. The monoisotopic (exact) mass is 1510 g/mol. The van der Waals surface area contributed by atoms with E-state index in [4.69, 9.17) is 144 Å². The molecule has 1 radical (unpaired) electrons. The van der Waals surface area contributed by atoms with Gasteiger partial charge in [0.15, 0.2) is 0 Å². The van der Waals surface area contributed by atoms with Crippen LogP contribution in [0.5, 0.6) is 0 Å². The predicted molar refractivity (Wildman–Crippen MR) is 392 cm³/mol. The van der Waals surface area contributed by atoms with E-state index < -0.39 is 9.05 Å². The van der Waals surface area contributed by atoms with E-state index in [-0.39, 0.29) is 88.5 Å². The summed E-state index contributed by atoms with van der Waals surface area (Å²) in [5.41, 5.74) is 11.6. The molecule has 0 saturated carbocycles. The fourth-order valence-electron chi connectivity index (χ4n) is 10.7. The van der Waals surface area contributed by atoms with E-state index in [1.165, 1.54) is 18.5 Å². The molecule has 3 aliphatic rings. The summed E-state index contributed by atoms with van der Waals surface area (Å²) in [4.78, 5) is 6.96. The van der Waals surface area contributed by atoms with Crippen LogP contribution in [0.25, 0.3) is 0 Å². The van der Waals surface area contributed by atoms with E-state index in [1.807, 2.05) is 97.1 Å². The second kappa shape index (κ2) is 43.6. The topological polar surface area (TPSA) is 102 Å². The second-order valence-electron chi connectivity index (χ2n) is 22.3. The van der Waals surface area contributed by atoms with Gasteiger partial charge in [0, 0.05) is 118 Å². The van der Waals surface area contributed by atoms with E-state index in [9.17, 15) is 13.5 Å². The number of aliphatic hydroxyl groups is 1. The van der Waals surface area contributed by atoms with Crippen molar-refractivity contribution in [2.24, 2.45) is 35.3 Å². The number of hydrogen-bond donors (Lipinski definition) is 3. The third kappa shape index (κ3) is 28.8. The Morgan fingerprint density at radius 2 is 0.787 bits per heavy atom. The molecule has 6 aromatic carbocycles. The molecule has 3 fully saturated rings. The number of hydrogen-bond acceptors (Lipinski definition) is 8. The number of rotatable bonds is 15. The molecule has 0 bridgehead atoms. The molecule has 8 nitrogen and oxygen atoms in total. The van der Waals surface area contributed by atoms with Gasteiger partial charge in [0.05, 0.1) is 29.2 Å². The minimum absolute atomic E-state index is 0. The molecule has 6 atom stereocenters. The van der Waals surface area contributed by atoms with Gasteiger partial charge in [0.1, 0.15) is 0 Å². The fourth-order valence-corrected chi connectivity index (χ4v) is 14.0. The Morgan fingerprint density at radius 3 is 1.08 bits per heavy atom. The molecule has 0 aromatic heterocycles. The van der Waals surface area contributed by atoms with Crippen LogP contribution < -0.4 is 25.8 Å². The smallest absolute Gasteiger partial charge is 0.232 e. The number of benzene rings is 6. The number of halogens is 12. The maximum absolute atomic E-state index is 11.5. The Kier molecular flexibility index (Phi) is 42.0. The molecule has 3 aliphatic heterocycles. The Balaban J connectivity index is 0.000000617. The SMILES string of the molecule is C.C.C.CC(C)CN.CC(C)CNCC[C@@H]1CC[C@@H](c2ccc(Cl)cc2Cl)N(c2ccc(Cl)cc2)C1.ClCCl.O=S(=O)(Cl)C[C@@H]1CC[C@@H](c2ccc(Cl)cc2Cl)N(c2ccc(Cl)cc2)C1.OC[C@@H]1CC[C@@H](c2ccc(Cl)cc2Cl)N(c2ccc(Cl)cc2)C1.[V]. The van der Waals surface area contributed by atoms with Gasteiger partial charge in [0.2, 0.25) is 9.05 Å². The van der Waals surface area contributed by atoms with Crippen molar-refractivity contribution < 1.29 is 32.1 Å². The van der Waals surface area contributed by atoms with Crippen molar-refractivity contribution >= 4 is 164 Å².